The number of carbonyl (C=O) groups excluding carboxylic acids is 2. The number of para-hydroxylation sites is 1. The van der Waals surface area contributed by atoms with Gasteiger partial charge in [-0.3, -0.25) is 4.79 Å². The van der Waals surface area contributed by atoms with Crippen LogP contribution in [0.3, 0.4) is 0 Å². The molecule has 0 radical (unpaired) electrons. The highest BCUT2D eigenvalue weighted by Gasteiger charge is 2.14. The maximum Gasteiger partial charge on any atom is 0.358 e. The second-order valence-electron chi connectivity index (χ2n) is 5.48. The maximum atomic E-state index is 12.1. The van der Waals surface area contributed by atoms with Crippen LogP contribution in [0.15, 0.2) is 60.0 Å². The van der Waals surface area contributed by atoms with Crippen molar-refractivity contribution in [3.8, 4) is 0 Å². The monoisotopic (exact) mass is 493 g/mol. The number of aromatic nitrogens is 1. The Bertz CT molecular complexity index is 931. The van der Waals surface area contributed by atoms with Crippen LogP contribution in [0.2, 0.25) is 0 Å². The Morgan fingerprint density at radius 2 is 1.81 bits per heavy atom. The average Bonchev–Trinajstić information content (AvgIpc) is 3.16. The molecule has 138 valence electrons. The van der Waals surface area contributed by atoms with Crippen molar-refractivity contribution in [1.82, 2.24) is 4.98 Å². The minimum atomic E-state index is -0.628. The quantitative estimate of drug-likeness (QED) is 0.382. The van der Waals surface area contributed by atoms with Crippen molar-refractivity contribution in [2.75, 3.05) is 17.2 Å². The van der Waals surface area contributed by atoms with Crippen LogP contribution in [0, 0.1) is 3.57 Å². The standard InChI is InChI=1S/C19H16IN3O3S/c20-14-8-4-5-9-15(14)22-17(24)11-26-18(25)16-12-27-19(23-16)21-10-13-6-2-1-3-7-13/h1-9,12H,10-11H2,(H,21,23)(H,22,24). The first-order valence-corrected chi connectivity index (χ1v) is 10.0. The molecule has 1 amide bonds. The molecule has 2 N–H and O–H groups in total. The van der Waals surface area contributed by atoms with E-state index in [1.807, 2.05) is 48.5 Å². The Balaban J connectivity index is 1.47. The van der Waals surface area contributed by atoms with Crippen molar-refractivity contribution in [3.63, 3.8) is 0 Å². The summed E-state index contributed by atoms with van der Waals surface area (Å²) in [5, 5.41) is 8.09. The highest BCUT2D eigenvalue weighted by atomic mass is 127. The van der Waals surface area contributed by atoms with Crippen LogP contribution in [0.25, 0.3) is 0 Å². The molecule has 2 aromatic carbocycles. The second kappa shape index (κ2) is 9.47. The topological polar surface area (TPSA) is 80.3 Å². The lowest BCUT2D eigenvalue weighted by Gasteiger charge is -2.07. The summed E-state index contributed by atoms with van der Waals surface area (Å²) >= 11 is 3.43. The molecular formula is C19H16IN3O3S. The molecule has 0 aliphatic rings. The molecule has 27 heavy (non-hydrogen) atoms. The molecule has 6 nitrogen and oxygen atoms in total. The van der Waals surface area contributed by atoms with Crippen LogP contribution in [-0.4, -0.2) is 23.5 Å². The lowest BCUT2D eigenvalue weighted by molar-refractivity contribution is -0.119. The largest absolute Gasteiger partial charge is 0.451 e. The highest BCUT2D eigenvalue weighted by molar-refractivity contribution is 14.1. The first kappa shape index (κ1) is 19.3. The predicted octanol–water partition coefficient (Wildman–Crippen LogP) is 4.16. The summed E-state index contributed by atoms with van der Waals surface area (Å²) in [5.41, 5.74) is 1.97. The number of esters is 1. The van der Waals surface area contributed by atoms with Crippen molar-refractivity contribution >= 4 is 56.6 Å². The lowest BCUT2D eigenvalue weighted by Crippen LogP contribution is -2.21. The van der Waals surface area contributed by atoms with Gasteiger partial charge in [0, 0.05) is 15.5 Å². The zero-order valence-corrected chi connectivity index (χ0v) is 17.1. The Labute approximate surface area is 174 Å². The molecule has 1 aromatic heterocycles. The SMILES string of the molecule is O=C(COC(=O)c1csc(NCc2ccccc2)n1)Nc1ccccc1I. The van der Waals surface area contributed by atoms with E-state index in [2.05, 4.69) is 38.2 Å². The number of hydrogen-bond acceptors (Lipinski definition) is 6. The number of rotatable bonds is 7. The number of halogens is 1. The molecule has 0 saturated heterocycles. The fourth-order valence-electron chi connectivity index (χ4n) is 2.18. The summed E-state index contributed by atoms with van der Waals surface area (Å²) in [5.74, 6) is -1.03. The van der Waals surface area contributed by atoms with E-state index in [1.165, 1.54) is 11.3 Å². The number of nitrogens with one attached hydrogen (secondary N) is 2. The van der Waals surface area contributed by atoms with Crippen molar-refractivity contribution in [2.24, 2.45) is 0 Å². The molecule has 0 spiro atoms. The minimum absolute atomic E-state index is 0.178. The van der Waals surface area contributed by atoms with Gasteiger partial charge in [0.05, 0.1) is 5.69 Å². The number of carbonyl (C=O) groups is 2. The van der Waals surface area contributed by atoms with Crippen molar-refractivity contribution in [1.29, 1.82) is 0 Å². The van der Waals surface area contributed by atoms with E-state index < -0.39 is 11.9 Å². The fraction of sp³-hybridized carbons (Fsp3) is 0.105. The summed E-state index contributed by atoms with van der Waals surface area (Å²) in [6.45, 7) is 0.245. The summed E-state index contributed by atoms with van der Waals surface area (Å²) in [6, 6.07) is 17.2. The van der Waals surface area contributed by atoms with Gasteiger partial charge in [0.15, 0.2) is 17.4 Å². The van der Waals surface area contributed by atoms with Crippen molar-refractivity contribution < 1.29 is 14.3 Å². The predicted molar refractivity (Wildman–Crippen MR) is 114 cm³/mol. The van der Waals surface area contributed by atoms with Crippen LogP contribution in [0.4, 0.5) is 10.8 Å². The molecule has 0 saturated carbocycles. The van der Waals surface area contributed by atoms with Crippen molar-refractivity contribution in [3.05, 3.63) is 74.8 Å². The molecule has 0 atom stereocenters. The molecule has 0 bridgehead atoms. The van der Waals surface area contributed by atoms with E-state index >= 15 is 0 Å². The molecule has 0 fully saturated rings. The van der Waals surface area contributed by atoms with Gasteiger partial charge in [-0.25, -0.2) is 9.78 Å². The Hall–Kier alpha value is -2.46. The van der Waals surface area contributed by atoms with Crippen LogP contribution in [0.5, 0.6) is 0 Å². The number of nitrogens with zero attached hydrogens (tertiary/aromatic N) is 1. The third-order valence-corrected chi connectivity index (χ3v) is 5.22. The van der Waals surface area contributed by atoms with Gasteiger partial charge < -0.3 is 15.4 Å². The molecule has 0 aliphatic carbocycles. The third-order valence-electron chi connectivity index (χ3n) is 3.48. The number of anilines is 2. The number of ether oxygens (including phenoxy) is 1. The van der Waals surface area contributed by atoms with Gasteiger partial charge in [-0.2, -0.15) is 0 Å². The van der Waals surface area contributed by atoms with Gasteiger partial charge in [-0.1, -0.05) is 42.5 Å². The minimum Gasteiger partial charge on any atom is -0.451 e. The summed E-state index contributed by atoms with van der Waals surface area (Å²) in [4.78, 5) is 28.2. The molecule has 0 aliphatic heterocycles. The zero-order valence-electron chi connectivity index (χ0n) is 14.1. The third kappa shape index (κ3) is 5.76. The van der Waals surface area contributed by atoms with E-state index in [9.17, 15) is 9.59 Å². The van der Waals surface area contributed by atoms with Crippen LogP contribution in [0.1, 0.15) is 16.1 Å². The number of amides is 1. The molecule has 8 heteroatoms. The summed E-state index contributed by atoms with van der Waals surface area (Å²) in [7, 11) is 0. The first-order chi connectivity index (χ1) is 13.1. The van der Waals surface area contributed by atoms with Gasteiger partial charge in [-0.15, -0.1) is 11.3 Å². The average molecular weight is 493 g/mol. The normalized spacial score (nSPS) is 10.3. The maximum absolute atomic E-state index is 12.1. The molecular weight excluding hydrogens is 477 g/mol. The fourth-order valence-corrected chi connectivity index (χ4v) is 3.38. The lowest BCUT2D eigenvalue weighted by atomic mass is 10.2. The van der Waals surface area contributed by atoms with Gasteiger partial charge in [0.1, 0.15) is 0 Å². The molecule has 0 unspecified atom stereocenters. The van der Waals surface area contributed by atoms with E-state index in [0.717, 1.165) is 9.13 Å². The number of thiazole rings is 1. The summed E-state index contributed by atoms with van der Waals surface area (Å²) in [6.07, 6.45) is 0. The van der Waals surface area contributed by atoms with Gasteiger partial charge in [0.25, 0.3) is 5.91 Å². The second-order valence-corrected chi connectivity index (χ2v) is 7.50. The molecule has 1 heterocycles. The van der Waals surface area contributed by atoms with Crippen LogP contribution in [-0.2, 0) is 16.1 Å². The summed E-state index contributed by atoms with van der Waals surface area (Å²) < 4.78 is 5.95. The zero-order chi connectivity index (χ0) is 19.1. The highest BCUT2D eigenvalue weighted by Crippen LogP contribution is 2.18. The molecule has 3 aromatic rings. The van der Waals surface area contributed by atoms with Gasteiger partial charge in [0.2, 0.25) is 0 Å². The van der Waals surface area contributed by atoms with E-state index in [-0.39, 0.29) is 12.3 Å². The Morgan fingerprint density at radius 1 is 1.07 bits per heavy atom. The van der Waals surface area contributed by atoms with Crippen molar-refractivity contribution in [2.45, 2.75) is 6.54 Å². The van der Waals surface area contributed by atoms with E-state index in [1.54, 1.807) is 11.4 Å². The van der Waals surface area contributed by atoms with Gasteiger partial charge >= 0.3 is 5.97 Å². The Morgan fingerprint density at radius 3 is 2.59 bits per heavy atom. The van der Waals surface area contributed by atoms with Crippen LogP contribution >= 0.6 is 33.9 Å². The smallest absolute Gasteiger partial charge is 0.358 e. The van der Waals surface area contributed by atoms with E-state index in [0.29, 0.717) is 17.4 Å². The van der Waals surface area contributed by atoms with Gasteiger partial charge in [-0.05, 0) is 40.3 Å². The number of hydrogen-bond donors (Lipinski definition) is 2. The van der Waals surface area contributed by atoms with Crippen LogP contribution < -0.4 is 10.6 Å². The Kier molecular flexibility index (Phi) is 6.77. The molecule has 3 rings (SSSR count). The first-order valence-electron chi connectivity index (χ1n) is 8.06. The number of benzene rings is 2. The van der Waals surface area contributed by atoms with E-state index in [4.69, 9.17) is 4.74 Å².